The molecule has 7 rings (SSSR count). The number of ketones is 1. The van der Waals surface area contributed by atoms with Gasteiger partial charge in [-0.05, 0) is 66.5 Å². The van der Waals surface area contributed by atoms with Crippen molar-refractivity contribution in [2.75, 3.05) is 26.7 Å². The van der Waals surface area contributed by atoms with Gasteiger partial charge in [0.05, 0.1) is 25.7 Å². The number of nitrogens with zero attached hydrogens (tertiary/aromatic N) is 1. The Kier molecular flexibility index (Phi) is 6.56. The third-order valence-electron chi connectivity index (χ3n) is 10.6. The number of aromatic nitrogens is 1. The molecule has 4 aliphatic rings. The molecule has 2 saturated carbocycles. The number of likely N-dealkylation sites (N-methyl/N-ethyl adjacent to an activating group) is 1. The van der Waals surface area contributed by atoms with Crippen molar-refractivity contribution in [3.8, 4) is 5.75 Å². The monoisotopic (exact) mass is 563 g/mol. The number of aromatic amines is 1. The molecule has 2 aromatic carbocycles. The number of Topliss-reactive ketones (excluding diaryl/α,β-unsaturated/α-hetero) is 1. The molecule has 212 valence electrons. The van der Waals surface area contributed by atoms with Crippen molar-refractivity contribution in [2.45, 2.75) is 68.4 Å². The van der Waals surface area contributed by atoms with Crippen LogP contribution in [0.4, 0.5) is 0 Å². The molecule has 1 aliphatic heterocycles. The van der Waals surface area contributed by atoms with E-state index in [9.17, 15) is 19.8 Å². The van der Waals surface area contributed by atoms with Gasteiger partial charge in [-0.3, -0.25) is 9.59 Å². The number of phenolic OH excluding ortho intramolecular Hbond substituents is 1. The summed E-state index contributed by atoms with van der Waals surface area (Å²) < 4.78 is 0.827. The van der Waals surface area contributed by atoms with Crippen LogP contribution in [-0.2, 0) is 23.1 Å². The largest absolute Gasteiger partial charge is 1.00 e. The summed E-state index contributed by atoms with van der Waals surface area (Å²) in [5.74, 6) is 0.483. The van der Waals surface area contributed by atoms with E-state index in [-0.39, 0.29) is 47.9 Å². The summed E-state index contributed by atoms with van der Waals surface area (Å²) in [4.78, 5) is 29.4. The van der Waals surface area contributed by atoms with Crippen LogP contribution in [0, 0.1) is 5.92 Å². The normalized spacial score (nSPS) is 30.8. The Balaban J connectivity index is 0.00000289. The molecule has 2 heterocycles. The standard InChI is InChI=1S/C32H37N3O4.ClH/c1-35(19-21-2-3-21)15-12-31-18-24(36)8-11-32(31,39)27(35)17-23-5-6-25(29(37)28(23)31)30(38)34-13-9-20-4-7-26-22(16-20)10-14-33-26;/h4-7,10,14,16,21,27,33,39H,2-3,8-9,11-13,15,17-19H2,1H3,(H-,34,37,38);1H/t27?,31?,32-,35+;/m1./s1. The number of carbonyl (C=O) groups excluding carboxylic acids is 2. The third-order valence-corrected chi connectivity index (χ3v) is 10.6. The Hall–Kier alpha value is -2.87. The third kappa shape index (κ3) is 4.08. The van der Waals surface area contributed by atoms with Gasteiger partial charge < -0.3 is 37.4 Å². The van der Waals surface area contributed by atoms with E-state index >= 15 is 0 Å². The van der Waals surface area contributed by atoms with Crippen LogP contribution in [0.2, 0.25) is 0 Å². The number of likely N-dealkylation sites (tertiary alicyclic amines) is 1. The second-order valence-electron chi connectivity index (χ2n) is 12.9. The zero-order chi connectivity index (χ0) is 27.0. The number of quaternary nitrogens is 1. The molecular formula is C32H38ClN3O4. The molecule has 1 aromatic heterocycles. The first-order valence-corrected chi connectivity index (χ1v) is 14.5. The highest BCUT2D eigenvalue weighted by Gasteiger charge is 2.70. The highest BCUT2D eigenvalue weighted by atomic mass is 35.5. The molecule has 7 nitrogen and oxygen atoms in total. The fraction of sp³-hybridized carbons (Fsp3) is 0.500. The van der Waals surface area contributed by atoms with Crippen molar-refractivity contribution in [1.82, 2.24) is 10.3 Å². The molecule has 0 spiro atoms. The summed E-state index contributed by atoms with van der Waals surface area (Å²) in [6.45, 7) is 2.38. The van der Waals surface area contributed by atoms with Crippen LogP contribution in [0.15, 0.2) is 42.6 Å². The lowest BCUT2D eigenvalue weighted by atomic mass is 9.48. The minimum atomic E-state index is -1.07. The van der Waals surface area contributed by atoms with Crippen LogP contribution < -0.4 is 17.7 Å². The predicted octanol–water partition coefficient (Wildman–Crippen LogP) is 0.757. The molecule has 1 saturated heterocycles. The molecular weight excluding hydrogens is 526 g/mol. The summed E-state index contributed by atoms with van der Waals surface area (Å²) in [5.41, 5.74) is 2.16. The van der Waals surface area contributed by atoms with E-state index in [0.29, 0.717) is 44.2 Å². The number of halogens is 1. The molecule has 3 fully saturated rings. The van der Waals surface area contributed by atoms with Gasteiger partial charge in [-0.15, -0.1) is 0 Å². The second-order valence-corrected chi connectivity index (χ2v) is 12.9. The van der Waals surface area contributed by atoms with Gasteiger partial charge >= 0.3 is 0 Å². The molecule has 2 bridgehead atoms. The van der Waals surface area contributed by atoms with Crippen molar-refractivity contribution in [3.63, 3.8) is 0 Å². The number of aromatic hydroxyl groups is 1. The molecule has 0 radical (unpaired) electrons. The van der Waals surface area contributed by atoms with Crippen molar-refractivity contribution in [3.05, 3.63) is 64.8 Å². The van der Waals surface area contributed by atoms with E-state index in [4.69, 9.17) is 0 Å². The Morgan fingerprint density at radius 1 is 1.18 bits per heavy atom. The minimum Gasteiger partial charge on any atom is -1.00 e. The Morgan fingerprint density at radius 2 is 2.00 bits per heavy atom. The summed E-state index contributed by atoms with van der Waals surface area (Å²) in [6.07, 6.45) is 7.45. The van der Waals surface area contributed by atoms with Crippen molar-refractivity contribution >= 4 is 22.6 Å². The molecule has 4 N–H and O–H groups in total. The number of H-pyrrole nitrogens is 1. The van der Waals surface area contributed by atoms with E-state index in [0.717, 1.165) is 45.5 Å². The Labute approximate surface area is 241 Å². The zero-order valence-corrected chi connectivity index (χ0v) is 23.8. The van der Waals surface area contributed by atoms with Gasteiger partial charge in [-0.1, -0.05) is 12.1 Å². The maximum Gasteiger partial charge on any atom is 0.255 e. The van der Waals surface area contributed by atoms with Crippen molar-refractivity contribution < 1.29 is 36.7 Å². The lowest BCUT2D eigenvalue weighted by Crippen LogP contribution is -3.00. The van der Waals surface area contributed by atoms with Crippen molar-refractivity contribution in [1.29, 1.82) is 0 Å². The van der Waals surface area contributed by atoms with E-state index in [1.807, 2.05) is 24.4 Å². The Morgan fingerprint density at radius 3 is 2.80 bits per heavy atom. The second kappa shape index (κ2) is 9.61. The fourth-order valence-corrected chi connectivity index (χ4v) is 8.39. The van der Waals surface area contributed by atoms with Gasteiger partial charge in [0.25, 0.3) is 5.91 Å². The maximum atomic E-state index is 13.3. The van der Waals surface area contributed by atoms with Gasteiger partial charge in [0.1, 0.15) is 23.2 Å². The van der Waals surface area contributed by atoms with E-state index < -0.39 is 11.0 Å². The molecule has 8 heteroatoms. The number of nitrogens with one attached hydrogen (secondary N) is 2. The number of benzene rings is 2. The highest BCUT2D eigenvalue weighted by molar-refractivity contribution is 5.98. The SMILES string of the molecule is C[N@@+]1(CC2CC2)CCC23CC(=O)CC[C@@]2(O)C1Cc1ccc(C(=O)NCCc2ccc4[nH]ccc4c2)c(O)c13.[Cl-]. The number of carbonyl (C=O) groups is 2. The van der Waals surface area contributed by atoms with Crippen LogP contribution in [0.25, 0.3) is 10.9 Å². The highest BCUT2D eigenvalue weighted by Crippen LogP contribution is 2.61. The summed E-state index contributed by atoms with van der Waals surface area (Å²) in [6, 6.07) is 11.9. The number of hydrogen-bond donors (Lipinski definition) is 4. The first kappa shape index (κ1) is 27.3. The van der Waals surface area contributed by atoms with Gasteiger partial charge in [0.15, 0.2) is 0 Å². The topological polar surface area (TPSA) is 102 Å². The lowest BCUT2D eigenvalue weighted by Gasteiger charge is -2.65. The zero-order valence-electron chi connectivity index (χ0n) is 23.0. The quantitative estimate of drug-likeness (QED) is 0.333. The van der Waals surface area contributed by atoms with Crippen LogP contribution in [0.5, 0.6) is 5.75 Å². The summed E-state index contributed by atoms with van der Waals surface area (Å²) >= 11 is 0. The summed E-state index contributed by atoms with van der Waals surface area (Å²) in [5, 5.41) is 28.3. The van der Waals surface area contributed by atoms with E-state index in [1.165, 1.54) is 12.8 Å². The maximum absolute atomic E-state index is 13.3. The molecule has 2 unspecified atom stereocenters. The smallest absolute Gasteiger partial charge is 0.255 e. The first-order chi connectivity index (χ1) is 18.7. The molecule has 40 heavy (non-hydrogen) atoms. The number of rotatable bonds is 6. The van der Waals surface area contributed by atoms with E-state index in [1.54, 1.807) is 6.07 Å². The van der Waals surface area contributed by atoms with Crippen molar-refractivity contribution in [2.24, 2.45) is 5.92 Å². The molecule has 1 amide bonds. The number of piperidine rings is 1. The lowest BCUT2D eigenvalue weighted by molar-refractivity contribution is -0.950. The van der Waals surface area contributed by atoms with Gasteiger partial charge in [0, 0.05) is 60.8 Å². The average molecular weight is 564 g/mol. The number of fused-ring (bicyclic) bond motifs is 2. The van der Waals surface area contributed by atoms with Crippen LogP contribution >= 0.6 is 0 Å². The fourth-order valence-electron chi connectivity index (χ4n) is 8.39. The van der Waals surface area contributed by atoms with Gasteiger partial charge in [0.2, 0.25) is 0 Å². The average Bonchev–Trinajstić information content (AvgIpc) is 3.59. The predicted molar refractivity (Wildman–Crippen MR) is 149 cm³/mol. The first-order valence-electron chi connectivity index (χ1n) is 14.5. The molecule has 3 aromatic rings. The Bertz CT molecular complexity index is 1500. The van der Waals surface area contributed by atoms with Crippen LogP contribution in [0.1, 0.15) is 65.6 Å². The van der Waals surface area contributed by atoms with Crippen LogP contribution in [0.3, 0.4) is 0 Å². The number of hydrogen-bond acceptors (Lipinski definition) is 4. The van der Waals surface area contributed by atoms with Crippen LogP contribution in [-0.4, -0.2) is 69.7 Å². The molecule has 3 aliphatic carbocycles. The number of phenols is 1. The molecule has 4 atom stereocenters. The number of amides is 1. The van der Waals surface area contributed by atoms with Gasteiger partial charge in [-0.2, -0.15) is 0 Å². The van der Waals surface area contributed by atoms with Gasteiger partial charge in [-0.25, -0.2) is 0 Å². The minimum absolute atomic E-state index is 0. The van der Waals surface area contributed by atoms with E-state index in [2.05, 4.69) is 29.5 Å². The summed E-state index contributed by atoms with van der Waals surface area (Å²) in [7, 11) is 2.28. The number of aliphatic hydroxyl groups is 1.